The van der Waals surface area contributed by atoms with Gasteiger partial charge in [-0.3, -0.25) is 9.59 Å². The molecule has 0 aromatic heterocycles. The van der Waals surface area contributed by atoms with Gasteiger partial charge >= 0.3 is 0 Å². The molecule has 1 saturated carbocycles. The normalized spacial score (nSPS) is 32.2. The maximum Gasteiger partial charge on any atom is 0.235 e. The van der Waals surface area contributed by atoms with E-state index in [9.17, 15) is 9.59 Å². The standard InChI is InChI=1S/C19H32N2O2S/c1-3-15-13-17(24-14(15)2)19(23)21-11-9-20(10-12-21)18(22)16-7-5-4-6-8-16/h14-17H,3-13H2,1-2H3. The Morgan fingerprint density at radius 3 is 2.08 bits per heavy atom. The summed E-state index contributed by atoms with van der Waals surface area (Å²) >= 11 is 1.86. The zero-order chi connectivity index (χ0) is 17.1. The highest BCUT2D eigenvalue weighted by Gasteiger charge is 2.38. The molecule has 3 fully saturated rings. The Kier molecular flexibility index (Phi) is 6.12. The topological polar surface area (TPSA) is 40.6 Å². The summed E-state index contributed by atoms with van der Waals surface area (Å²) in [5, 5.41) is 0.740. The second kappa shape index (κ2) is 8.11. The van der Waals surface area contributed by atoms with Gasteiger partial charge in [0.2, 0.25) is 11.8 Å². The third-order valence-electron chi connectivity index (χ3n) is 6.22. The SMILES string of the molecule is CCC1CC(C(=O)N2CCN(C(=O)C3CCCCC3)CC2)SC1C. The van der Waals surface area contributed by atoms with Crippen LogP contribution in [0.15, 0.2) is 0 Å². The molecule has 2 amide bonds. The van der Waals surface area contributed by atoms with E-state index in [0.717, 1.165) is 45.4 Å². The average Bonchev–Trinajstić information content (AvgIpc) is 3.02. The third-order valence-corrected chi connectivity index (χ3v) is 7.75. The second-order valence-corrected chi connectivity index (χ2v) is 9.30. The minimum atomic E-state index is 0.144. The summed E-state index contributed by atoms with van der Waals surface area (Å²) in [5.74, 6) is 1.58. The van der Waals surface area contributed by atoms with E-state index in [1.54, 1.807) is 0 Å². The molecule has 3 rings (SSSR count). The highest BCUT2D eigenvalue weighted by Crippen LogP contribution is 2.40. The molecular weight excluding hydrogens is 320 g/mol. The first kappa shape index (κ1) is 18.1. The Labute approximate surface area is 150 Å². The van der Waals surface area contributed by atoms with E-state index in [1.807, 2.05) is 21.6 Å². The van der Waals surface area contributed by atoms with Gasteiger partial charge < -0.3 is 9.80 Å². The summed E-state index contributed by atoms with van der Waals surface area (Å²) in [6, 6.07) is 0. The summed E-state index contributed by atoms with van der Waals surface area (Å²) in [5.41, 5.74) is 0. The van der Waals surface area contributed by atoms with Crippen molar-refractivity contribution in [3.05, 3.63) is 0 Å². The van der Waals surface area contributed by atoms with Crippen LogP contribution in [0.4, 0.5) is 0 Å². The van der Waals surface area contributed by atoms with Crippen LogP contribution >= 0.6 is 11.8 Å². The van der Waals surface area contributed by atoms with Crippen LogP contribution in [-0.4, -0.2) is 58.3 Å². The number of carbonyl (C=O) groups is 2. The van der Waals surface area contributed by atoms with Crippen molar-refractivity contribution in [3.63, 3.8) is 0 Å². The molecule has 3 aliphatic rings. The molecule has 0 spiro atoms. The molecule has 24 heavy (non-hydrogen) atoms. The molecule has 1 aliphatic carbocycles. The molecule has 3 atom stereocenters. The van der Waals surface area contributed by atoms with Crippen LogP contribution in [0.3, 0.4) is 0 Å². The van der Waals surface area contributed by atoms with Crippen molar-refractivity contribution >= 4 is 23.6 Å². The number of amides is 2. The minimum Gasteiger partial charge on any atom is -0.339 e. The number of thioether (sulfide) groups is 1. The van der Waals surface area contributed by atoms with Crippen molar-refractivity contribution in [2.75, 3.05) is 26.2 Å². The second-order valence-electron chi connectivity index (χ2n) is 7.72. The number of carbonyl (C=O) groups excluding carboxylic acids is 2. The highest BCUT2D eigenvalue weighted by molar-refractivity contribution is 8.01. The molecule has 4 nitrogen and oxygen atoms in total. The number of piperazine rings is 1. The molecule has 5 heteroatoms. The zero-order valence-electron chi connectivity index (χ0n) is 15.2. The summed E-state index contributed by atoms with van der Waals surface area (Å²) in [6.07, 6.45) is 8.00. The third kappa shape index (κ3) is 3.92. The van der Waals surface area contributed by atoms with Crippen molar-refractivity contribution in [3.8, 4) is 0 Å². The van der Waals surface area contributed by atoms with Crippen LogP contribution in [0.5, 0.6) is 0 Å². The van der Waals surface area contributed by atoms with Gasteiger partial charge in [0, 0.05) is 37.3 Å². The number of nitrogens with zero attached hydrogens (tertiary/aromatic N) is 2. The minimum absolute atomic E-state index is 0.144. The van der Waals surface area contributed by atoms with E-state index in [2.05, 4.69) is 13.8 Å². The van der Waals surface area contributed by atoms with Gasteiger partial charge in [-0.05, 0) is 25.2 Å². The molecule has 2 heterocycles. The quantitative estimate of drug-likeness (QED) is 0.783. The molecular formula is C19H32N2O2S. The van der Waals surface area contributed by atoms with Gasteiger partial charge in [0.15, 0.2) is 0 Å². The van der Waals surface area contributed by atoms with E-state index in [1.165, 1.54) is 25.7 Å². The molecule has 2 saturated heterocycles. The summed E-state index contributed by atoms with van der Waals surface area (Å²) in [6.45, 7) is 7.38. The van der Waals surface area contributed by atoms with Crippen molar-refractivity contribution < 1.29 is 9.59 Å². The van der Waals surface area contributed by atoms with E-state index in [4.69, 9.17) is 0 Å². The van der Waals surface area contributed by atoms with E-state index in [-0.39, 0.29) is 11.2 Å². The first-order chi connectivity index (χ1) is 11.6. The fourth-order valence-electron chi connectivity index (χ4n) is 4.51. The maximum absolute atomic E-state index is 12.8. The Morgan fingerprint density at radius 2 is 1.54 bits per heavy atom. The number of hydrogen-bond donors (Lipinski definition) is 0. The van der Waals surface area contributed by atoms with Crippen LogP contribution in [0, 0.1) is 11.8 Å². The van der Waals surface area contributed by atoms with Crippen LogP contribution in [-0.2, 0) is 9.59 Å². The van der Waals surface area contributed by atoms with Gasteiger partial charge in [0.25, 0.3) is 0 Å². The lowest BCUT2D eigenvalue weighted by molar-refractivity contribution is -0.142. The summed E-state index contributed by atoms with van der Waals surface area (Å²) in [7, 11) is 0. The molecule has 0 aromatic rings. The average molecular weight is 353 g/mol. The first-order valence-electron chi connectivity index (χ1n) is 9.83. The molecule has 2 aliphatic heterocycles. The Balaban J connectivity index is 1.48. The van der Waals surface area contributed by atoms with Gasteiger partial charge in [-0.15, -0.1) is 11.8 Å². The predicted octanol–water partition coefficient (Wildman–Crippen LogP) is 3.16. The number of hydrogen-bond acceptors (Lipinski definition) is 3. The van der Waals surface area contributed by atoms with Gasteiger partial charge in [-0.2, -0.15) is 0 Å². The van der Waals surface area contributed by atoms with Crippen LogP contribution in [0.1, 0.15) is 58.8 Å². The van der Waals surface area contributed by atoms with Gasteiger partial charge in [0.1, 0.15) is 0 Å². The summed E-state index contributed by atoms with van der Waals surface area (Å²) in [4.78, 5) is 29.4. The smallest absolute Gasteiger partial charge is 0.235 e. The van der Waals surface area contributed by atoms with Crippen molar-refractivity contribution in [1.82, 2.24) is 9.80 Å². The highest BCUT2D eigenvalue weighted by atomic mass is 32.2. The maximum atomic E-state index is 12.8. The largest absolute Gasteiger partial charge is 0.339 e. The number of rotatable bonds is 3. The van der Waals surface area contributed by atoms with E-state index in [0.29, 0.717) is 23.0 Å². The lowest BCUT2D eigenvalue weighted by Gasteiger charge is -2.38. The molecule has 0 N–H and O–H groups in total. The predicted molar refractivity (Wildman–Crippen MR) is 99.0 cm³/mol. The van der Waals surface area contributed by atoms with E-state index < -0.39 is 0 Å². The van der Waals surface area contributed by atoms with Crippen LogP contribution in [0.2, 0.25) is 0 Å². The molecule has 136 valence electrons. The lowest BCUT2D eigenvalue weighted by Crippen LogP contribution is -2.53. The molecule has 0 radical (unpaired) electrons. The van der Waals surface area contributed by atoms with Crippen LogP contribution < -0.4 is 0 Å². The fraction of sp³-hybridized carbons (Fsp3) is 0.895. The van der Waals surface area contributed by atoms with Crippen molar-refractivity contribution in [2.24, 2.45) is 11.8 Å². The van der Waals surface area contributed by atoms with Gasteiger partial charge in [-0.1, -0.05) is 39.5 Å². The molecule has 3 unspecified atom stereocenters. The zero-order valence-corrected chi connectivity index (χ0v) is 16.0. The van der Waals surface area contributed by atoms with Gasteiger partial charge in [-0.25, -0.2) is 0 Å². The Bertz CT molecular complexity index is 456. The fourth-order valence-corrected chi connectivity index (χ4v) is 6.18. The van der Waals surface area contributed by atoms with Gasteiger partial charge in [0.05, 0.1) is 5.25 Å². The Hall–Kier alpha value is -0.710. The Morgan fingerprint density at radius 1 is 0.958 bits per heavy atom. The van der Waals surface area contributed by atoms with Crippen molar-refractivity contribution in [2.45, 2.75) is 69.3 Å². The monoisotopic (exact) mass is 352 g/mol. The summed E-state index contributed by atoms with van der Waals surface area (Å²) < 4.78 is 0. The molecule has 0 aromatic carbocycles. The molecule has 0 bridgehead atoms. The first-order valence-corrected chi connectivity index (χ1v) is 10.8. The lowest BCUT2D eigenvalue weighted by atomic mass is 9.88. The van der Waals surface area contributed by atoms with Crippen molar-refractivity contribution in [1.29, 1.82) is 0 Å². The van der Waals surface area contributed by atoms with Crippen LogP contribution in [0.25, 0.3) is 0 Å². The van der Waals surface area contributed by atoms with E-state index >= 15 is 0 Å².